The largest absolute Gasteiger partial charge is 0.507 e. The topological polar surface area (TPSA) is 77.8 Å². The summed E-state index contributed by atoms with van der Waals surface area (Å²) in [7, 11) is 0. The number of hydrogen-bond acceptors (Lipinski definition) is 3. The lowest BCUT2D eigenvalue weighted by atomic mass is 9.63. The summed E-state index contributed by atoms with van der Waals surface area (Å²) in [5, 5.41) is 29.3. The predicted octanol–water partition coefficient (Wildman–Crippen LogP) is 4.52. The summed E-state index contributed by atoms with van der Waals surface area (Å²) in [6.45, 7) is 8.97. The Morgan fingerprint density at radius 2 is 1.64 bits per heavy atom. The summed E-state index contributed by atoms with van der Waals surface area (Å²) in [4.78, 5) is 11.0. The molecule has 146 valence electrons. The van der Waals surface area contributed by atoms with Gasteiger partial charge in [-0.15, -0.1) is 0 Å². The van der Waals surface area contributed by atoms with Crippen LogP contribution >= 0.6 is 0 Å². The van der Waals surface area contributed by atoms with E-state index in [-0.39, 0.29) is 22.1 Å². The van der Waals surface area contributed by atoms with Gasteiger partial charge in [-0.3, -0.25) is 0 Å². The third-order valence-corrected chi connectivity index (χ3v) is 5.77. The molecule has 3 N–H and O–H groups in total. The summed E-state index contributed by atoms with van der Waals surface area (Å²) in [6, 6.07) is 10.2. The highest BCUT2D eigenvalue weighted by atomic mass is 16.4. The van der Waals surface area contributed by atoms with Crippen LogP contribution in [-0.2, 0) is 10.8 Å². The SMILES string of the molecule is CC1(C)CCC(C)(C)c2cc([C@H](O)C#Cc3ccc(C(=O)O)c(O)c3)ccc21. The predicted molar refractivity (Wildman–Crippen MR) is 109 cm³/mol. The number of carboxylic acids is 1. The second-order valence-corrected chi connectivity index (χ2v) is 8.78. The van der Waals surface area contributed by atoms with Crippen molar-refractivity contribution >= 4 is 5.97 Å². The molecule has 0 saturated heterocycles. The lowest BCUT2D eigenvalue weighted by Crippen LogP contribution is -2.34. The van der Waals surface area contributed by atoms with Crippen molar-refractivity contribution < 1.29 is 20.1 Å². The molecule has 2 aromatic carbocycles. The Morgan fingerprint density at radius 1 is 1.00 bits per heavy atom. The Bertz CT molecular complexity index is 989. The second-order valence-electron chi connectivity index (χ2n) is 8.78. The number of aromatic hydroxyl groups is 1. The maximum absolute atomic E-state index is 11.0. The van der Waals surface area contributed by atoms with Crippen LogP contribution in [0.25, 0.3) is 0 Å². The molecule has 4 nitrogen and oxygen atoms in total. The van der Waals surface area contributed by atoms with Gasteiger partial charge in [0.25, 0.3) is 0 Å². The van der Waals surface area contributed by atoms with Gasteiger partial charge in [0.05, 0.1) is 0 Å². The first-order chi connectivity index (χ1) is 13.0. The molecule has 1 aliphatic rings. The van der Waals surface area contributed by atoms with E-state index in [0.717, 1.165) is 18.4 Å². The molecule has 0 amide bonds. The van der Waals surface area contributed by atoms with Crippen molar-refractivity contribution in [2.45, 2.75) is 57.5 Å². The first-order valence-electron chi connectivity index (χ1n) is 9.42. The number of rotatable bonds is 2. The number of benzene rings is 2. The average Bonchev–Trinajstić information content (AvgIpc) is 2.63. The van der Waals surface area contributed by atoms with Crippen LogP contribution in [0.15, 0.2) is 36.4 Å². The zero-order chi connectivity index (χ0) is 20.7. The molecule has 1 aliphatic carbocycles. The van der Waals surface area contributed by atoms with Crippen LogP contribution in [0.2, 0.25) is 0 Å². The number of carboxylic acid groups (broad SMARTS) is 1. The Hall–Kier alpha value is -2.77. The fraction of sp³-hybridized carbons (Fsp3) is 0.375. The van der Waals surface area contributed by atoms with Crippen LogP contribution in [0.1, 0.15) is 79.3 Å². The van der Waals surface area contributed by atoms with Gasteiger partial charge < -0.3 is 15.3 Å². The van der Waals surface area contributed by atoms with Crippen molar-refractivity contribution in [3.05, 3.63) is 64.2 Å². The summed E-state index contributed by atoms with van der Waals surface area (Å²) < 4.78 is 0. The zero-order valence-corrected chi connectivity index (χ0v) is 16.7. The van der Waals surface area contributed by atoms with E-state index in [9.17, 15) is 15.0 Å². The molecule has 1 atom stereocenters. The monoisotopic (exact) mass is 378 g/mol. The van der Waals surface area contributed by atoms with E-state index in [4.69, 9.17) is 5.11 Å². The number of fused-ring (bicyclic) bond motifs is 1. The summed E-state index contributed by atoms with van der Waals surface area (Å²) >= 11 is 0. The minimum atomic E-state index is -1.20. The molecule has 0 spiro atoms. The maximum Gasteiger partial charge on any atom is 0.339 e. The number of phenols is 1. The van der Waals surface area contributed by atoms with Crippen LogP contribution < -0.4 is 0 Å². The normalized spacial score (nSPS) is 17.8. The quantitative estimate of drug-likeness (QED) is 0.671. The van der Waals surface area contributed by atoms with Crippen LogP contribution in [0, 0.1) is 11.8 Å². The zero-order valence-electron chi connectivity index (χ0n) is 16.7. The van der Waals surface area contributed by atoms with Gasteiger partial charge in [-0.25, -0.2) is 4.79 Å². The molecule has 0 bridgehead atoms. The van der Waals surface area contributed by atoms with Crippen LogP contribution in [0.4, 0.5) is 0 Å². The summed E-state index contributed by atoms with van der Waals surface area (Å²) in [5.74, 6) is 4.07. The Balaban J connectivity index is 1.91. The molecular formula is C24H26O4. The van der Waals surface area contributed by atoms with Crippen LogP contribution in [0.3, 0.4) is 0 Å². The van der Waals surface area contributed by atoms with Crippen LogP contribution in [0.5, 0.6) is 5.75 Å². The third-order valence-electron chi connectivity index (χ3n) is 5.77. The van der Waals surface area contributed by atoms with Crippen LogP contribution in [-0.4, -0.2) is 21.3 Å². The lowest BCUT2D eigenvalue weighted by Gasteiger charge is -2.42. The number of aromatic carboxylic acids is 1. The molecule has 3 rings (SSSR count). The molecule has 0 heterocycles. The van der Waals surface area contributed by atoms with E-state index in [2.05, 4.69) is 51.7 Å². The first-order valence-corrected chi connectivity index (χ1v) is 9.42. The number of carbonyl (C=O) groups is 1. The maximum atomic E-state index is 11.0. The lowest BCUT2D eigenvalue weighted by molar-refractivity contribution is 0.0693. The van der Waals surface area contributed by atoms with Crippen molar-refractivity contribution in [1.29, 1.82) is 0 Å². The van der Waals surface area contributed by atoms with Gasteiger partial charge in [0, 0.05) is 5.56 Å². The molecule has 28 heavy (non-hydrogen) atoms. The molecular weight excluding hydrogens is 352 g/mol. The molecule has 0 unspecified atom stereocenters. The van der Waals surface area contributed by atoms with E-state index in [1.807, 2.05) is 6.07 Å². The highest BCUT2D eigenvalue weighted by Gasteiger charge is 2.37. The minimum Gasteiger partial charge on any atom is -0.507 e. The highest BCUT2D eigenvalue weighted by molar-refractivity contribution is 5.90. The molecule has 4 heteroatoms. The van der Waals surface area contributed by atoms with E-state index in [1.54, 1.807) is 0 Å². The van der Waals surface area contributed by atoms with Gasteiger partial charge in [-0.05, 0) is 58.6 Å². The van der Waals surface area contributed by atoms with Crippen molar-refractivity contribution in [3.8, 4) is 17.6 Å². The molecule has 0 radical (unpaired) electrons. The minimum absolute atomic E-state index is 0.0481. The Kier molecular flexibility index (Phi) is 4.99. The molecule has 0 aliphatic heterocycles. The van der Waals surface area contributed by atoms with Gasteiger partial charge in [-0.2, -0.15) is 0 Å². The molecule has 0 fully saturated rings. The molecule has 2 aromatic rings. The van der Waals surface area contributed by atoms with Gasteiger partial charge in [-0.1, -0.05) is 57.7 Å². The summed E-state index contributed by atoms with van der Waals surface area (Å²) in [5.41, 5.74) is 3.75. The number of aliphatic hydroxyl groups is 1. The van der Waals surface area contributed by atoms with E-state index >= 15 is 0 Å². The fourth-order valence-electron chi connectivity index (χ4n) is 3.80. The molecule has 0 saturated carbocycles. The smallest absolute Gasteiger partial charge is 0.339 e. The summed E-state index contributed by atoms with van der Waals surface area (Å²) in [6.07, 6.45) is 1.25. The van der Waals surface area contributed by atoms with Crippen molar-refractivity contribution in [3.63, 3.8) is 0 Å². The van der Waals surface area contributed by atoms with Crippen molar-refractivity contribution in [1.82, 2.24) is 0 Å². The standard InChI is InChI=1S/C24H26O4/c1-23(2)11-12-24(3,4)19-14-16(7-9-18(19)23)20(25)10-6-15-5-8-17(22(27)28)21(26)13-15/h5,7-9,13-14,20,25-26H,11-12H2,1-4H3,(H,27,28)/t20-/m1/s1. The number of hydrogen-bond donors (Lipinski definition) is 3. The van der Waals surface area contributed by atoms with E-state index in [1.165, 1.54) is 29.3 Å². The Labute approximate surface area is 165 Å². The van der Waals surface area contributed by atoms with Crippen molar-refractivity contribution in [2.24, 2.45) is 0 Å². The second kappa shape index (κ2) is 7.00. The highest BCUT2D eigenvalue weighted by Crippen LogP contribution is 2.46. The van der Waals surface area contributed by atoms with E-state index < -0.39 is 12.1 Å². The van der Waals surface area contributed by atoms with Gasteiger partial charge in [0.1, 0.15) is 17.4 Å². The molecule has 0 aromatic heterocycles. The average molecular weight is 378 g/mol. The van der Waals surface area contributed by atoms with Gasteiger partial charge in [0.2, 0.25) is 0 Å². The van der Waals surface area contributed by atoms with Crippen molar-refractivity contribution in [2.75, 3.05) is 0 Å². The van der Waals surface area contributed by atoms with Gasteiger partial charge in [0.15, 0.2) is 0 Å². The van der Waals surface area contributed by atoms with Gasteiger partial charge >= 0.3 is 5.97 Å². The Morgan fingerprint density at radius 3 is 2.25 bits per heavy atom. The number of aliphatic hydroxyl groups excluding tert-OH is 1. The first kappa shape index (κ1) is 20.0. The van der Waals surface area contributed by atoms with E-state index in [0.29, 0.717) is 5.56 Å². The fourth-order valence-corrected chi connectivity index (χ4v) is 3.80. The third kappa shape index (κ3) is 3.76.